The van der Waals surface area contributed by atoms with Gasteiger partial charge in [-0.15, -0.1) is 0 Å². The number of alkyl halides is 1. The van der Waals surface area contributed by atoms with Crippen LogP contribution in [0.25, 0.3) is 0 Å². The zero-order chi connectivity index (χ0) is 6.57. The molecule has 0 aromatic carbocycles. The highest BCUT2D eigenvalue weighted by molar-refractivity contribution is 5.71. The minimum atomic E-state index is -0.646. The molecule has 0 rings (SSSR count). The van der Waals surface area contributed by atoms with E-state index in [9.17, 15) is 9.18 Å². The largest absolute Gasteiger partial charge is 0.469 e. The van der Waals surface area contributed by atoms with E-state index in [-0.39, 0.29) is 0 Å². The Morgan fingerprint density at radius 2 is 2.38 bits per heavy atom. The van der Waals surface area contributed by atoms with Gasteiger partial charge in [0.25, 0.3) is 0 Å². The number of hydrogen-bond acceptors (Lipinski definition) is 2. The summed E-state index contributed by atoms with van der Waals surface area (Å²) < 4.78 is 15.7. The third kappa shape index (κ3) is 1.91. The highest BCUT2D eigenvalue weighted by atomic mass is 19.1. The van der Waals surface area contributed by atoms with Crippen molar-refractivity contribution >= 4 is 5.97 Å². The van der Waals surface area contributed by atoms with Gasteiger partial charge >= 0.3 is 5.97 Å². The van der Waals surface area contributed by atoms with E-state index < -0.39 is 18.6 Å². The van der Waals surface area contributed by atoms with Crippen LogP contribution < -0.4 is 0 Å². The first-order chi connectivity index (χ1) is 3.72. The van der Waals surface area contributed by atoms with Crippen LogP contribution in [0.4, 0.5) is 4.39 Å². The third-order valence-electron chi connectivity index (χ3n) is 0.835. The summed E-state index contributed by atoms with van der Waals surface area (Å²) >= 11 is 0. The van der Waals surface area contributed by atoms with E-state index in [1.54, 1.807) is 0 Å². The maximum atomic E-state index is 11.5. The van der Waals surface area contributed by atoms with Crippen molar-refractivity contribution in [2.45, 2.75) is 6.92 Å². The molecule has 0 radical (unpaired) electrons. The molecule has 0 spiro atoms. The van der Waals surface area contributed by atoms with Crippen molar-refractivity contribution in [3.63, 3.8) is 0 Å². The van der Waals surface area contributed by atoms with Crippen LogP contribution in [0.5, 0.6) is 0 Å². The lowest BCUT2D eigenvalue weighted by molar-refractivity contribution is -0.145. The predicted octanol–water partition coefficient (Wildman–Crippen LogP) is 0.765. The van der Waals surface area contributed by atoms with Gasteiger partial charge in [0.05, 0.1) is 13.0 Å². The lowest BCUT2D eigenvalue weighted by Gasteiger charge is -2.00. The molecule has 0 aromatic rings. The SMILES string of the molecule is COC(=O)C(C)CF. The van der Waals surface area contributed by atoms with Crippen LogP contribution >= 0.6 is 0 Å². The van der Waals surface area contributed by atoms with Gasteiger partial charge in [-0.1, -0.05) is 0 Å². The van der Waals surface area contributed by atoms with Crippen LogP contribution in [0.2, 0.25) is 0 Å². The molecule has 8 heavy (non-hydrogen) atoms. The van der Waals surface area contributed by atoms with Crippen molar-refractivity contribution in [1.29, 1.82) is 0 Å². The van der Waals surface area contributed by atoms with Crippen molar-refractivity contribution in [1.82, 2.24) is 0 Å². The summed E-state index contributed by atoms with van der Waals surface area (Å²) in [6.07, 6.45) is 0. The number of methoxy groups -OCH3 is 1. The summed E-state index contributed by atoms with van der Waals surface area (Å²) in [6.45, 7) is 0.832. The summed E-state index contributed by atoms with van der Waals surface area (Å²) in [5.74, 6) is -1.10. The zero-order valence-electron chi connectivity index (χ0n) is 4.98. The van der Waals surface area contributed by atoms with Gasteiger partial charge < -0.3 is 4.74 Å². The van der Waals surface area contributed by atoms with Crippen LogP contribution in [0.1, 0.15) is 6.92 Å². The number of rotatable bonds is 2. The number of hydrogen-bond donors (Lipinski definition) is 0. The van der Waals surface area contributed by atoms with Crippen LogP contribution in [-0.2, 0) is 9.53 Å². The van der Waals surface area contributed by atoms with Gasteiger partial charge in [0.15, 0.2) is 0 Å². The van der Waals surface area contributed by atoms with Gasteiger partial charge in [-0.2, -0.15) is 0 Å². The van der Waals surface area contributed by atoms with E-state index >= 15 is 0 Å². The molecule has 0 bridgehead atoms. The number of carbonyl (C=O) groups is 1. The molecule has 48 valence electrons. The summed E-state index contributed by atoms with van der Waals surface area (Å²) in [7, 11) is 1.24. The van der Waals surface area contributed by atoms with E-state index in [0.29, 0.717) is 0 Å². The number of halogens is 1. The summed E-state index contributed by atoms with van der Waals surface area (Å²) in [5.41, 5.74) is 0. The molecular weight excluding hydrogens is 111 g/mol. The molecule has 0 amide bonds. The topological polar surface area (TPSA) is 26.3 Å². The van der Waals surface area contributed by atoms with Gasteiger partial charge in [-0.05, 0) is 6.92 Å². The van der Waals surface area contributed by atoms with Crippen molar-refractivity contribution in [3.05, 3.63) is 0 Å². The fraction of sp³-hybridized carbons (Fsp3) is 0.800. The Balaban J connectivity index is 3.46. The third-order valence-corrected chi connectivity index (χ3v) is 0.835. The van der Waals surface area contributed by atoms with Crippen LogP contribution in [0.15, 0.2) is 0 Å². The van der Waals surface area contributed by atoms with E-state index in [1.165, 1.54) is 14.0 Å². The van der Waals surface area contributed by atoms with Gasteiger partial charge in [0.2, 0.25) is 0 Å². The Hall–Kier alpha value is -0.600. The molecule has 1 unspecified atom stereocenters. The molecule has 1 atom stereocenters. The van der Waals surface area contributed by atoms with E-state index in [1.807, 2.05) is 0 Å². The fourth-order valence-corrected chi connectivity index (χ4v) is 0.264. The Bertz CT molecular complexity index is 82.5. The Labute approximate surface area is 47.6 Å². The molecule has 0 aliphatic rings. The Morgan fingerprint density at radius 1 is 1.88 bits per heavy atom. The van der Waals surface area contributed by atoms with Crippen molar-refractivity contribution in [3.8, 4) is 0 Å². The summed E-state index contributed by atoms with van der Waals surface area (Å²) in [6, 6.07) is 0. The predicted molar refractivity (Wildman–Crippen MR) is 27.2 cm³/mol. The second-order valence-electron chi connectivity index (χ2n) is 1.58. The first-order valence-electron chi connectivity index (χ1n) is 2.36. The fourth-order valence-electron chi connectivity index (χ4n) is 0.264. The molecule has 0 fully saturated rings. The van der Waals surface area contributed by atoms with Crippen LogP contribution in [-0.4, -0.2) is 19.8 Å². The first kappa shape index (κ1) is 7.40. The molecular formula is C5H9FO2. The maximum Gasteiger partial charge on any atom is 0.311 e. The van der Waals surface area contributed by atoms with Gasteiger partial charge in [-0.25, -0.2) is 0 Å². The lowest BCUT2D eigenvalue weighted by atomic mass is 10.2. The van der Waals surface area contributed by atoms with E-state index in [2.05, 4.69) is 4.74 Å². The normalized spacial score (nSPS) is 12.9. The highest BCUT2D eigenvalue weighted by Gasteiger charge is 2.10. The second-order valence-corrected chi connectivity index (χ2v) is 1.58. The molecule has 0 aliphatic carbocycles. The molecule has 0 aliphatic heterocycles. The second kappa shape index (κ2) is 3.41. The maximum absolute atomic E-state index is 11.5. The van der Waals surface area contributed by atoms with Crippen molar-refractivity contribution in [2.75, 3.05) is 13.8 Å². The summed E-state index contributed by atoms with van der Waals surface area (Å²) in [4.78, 5) is 10.3. The number of ether oxygens (including phenoxy) is 1. The Morgan fingerprint density at radius 3 is 2.50 bits per heavy atom. The minimum Gasteiger partial charge on any atom is -0.469 e. The van der Waals surface area contributed by atoms with Crippen LogP contribution in [0.3, 0.4) is 0 Å². The lowest BCUT2D eigenvalue weighted by Crippen LogP contribution is -2.13. The molecule has 0 aromatic heterocycles. The first-order valence-corrected chi connectivity index (χ1v) is 2.36. The average molecular weight is 120 g/mol. The zero-order valence-corrected chi connectivity index (χ0v) is 4.98. The number of carbonyl (C=O) groups excluding carboxylic acids is 1. The molecule has 0 heterocycles. The molecule has 0 N–H and O–H groups in total. The van der Waals surface area contributed by atoms with Crippen molar-refractivity contribution in [2.24, 2.45) is 5.92 Å². The van der Waals surface area contributed by atoms with Gasteiger partial charge in [-0.3, -0.25) is 9.18 Å². The Kier molecular flexibility index (Phi) is 3.15. The number of esters is 1. The monoisotopic (exact) mass is 120 g/mol. The summed E-state index contributed by atoms with van der Waals surface area (Å²) in [5, 5.41) is 0. The standard InChI is InChI=1S/C5H9FO2/c1-4(3-6)5(7)8-2/h4H,3H2,1-2H3. The molecule has 0 saturated carbocycles. The van der Waals surface area contributed by atoms with Gasteiger partial charge in [0.1, 0.15) is 6.67 Å². The van der Waals surface area contributed by atoms with E-state index in [4.69, 9.17) is 0 Å². The minimum absolute atomic E-state index is 0.493. The average Bonchev–Trinajstić information content (AvgIpc) is 1.84. The highest BCUT2D eigenvalue weighted by Crippen LogP contribution is 1.96. The van der Waals surface area contributed by atoms with E-state index in [0.717, 1.165) is 0 Å². The van der Waals surface area contributed by atoms with Crippen LogP contribution in [0, 0.1) is 5.92 Å². The molecule has 2 nitrogen and oxygen atoms in total. The molecule has 0 saturated heterocycles. The van der Waals surface area contributed by atoms with Gasteiger partial charge in [0, 0.05) is 0 Å². The van der Waals surface area contributed by atoms with Crippen molar-refractivity contribution < 1.29 is 13.9 Å². The molecule has 3 heteroatoms. The quantitative estimate of drug-likeness (QED) is 0.503. The smallest absolute Gasteiger partial charge is 0.311 e.